The molecule has 4 heteroatoms. The first-order valence-electron chi connectivity index (χ1n) is 5.23. The second-order valence-corrected chi connectivity index (χ2v) is 5.28. The number of ether oxygens (including phenoxy) is 1. The molecule has 0 aliphatic carbocycles. The Labute approximate surface area is 108 Å². The van der Waals surface area contributed by atoms with E-state index in [9.17, 15) is 4.39 Å². The number of rotatable bonds is 3. The third-order valence-corrected chi connectivity index (χ3v) is 4.63. The lowest BCUT2D eigenvalue weighted by Gasteiger charge is -2.25. The third kappa shape index (κ3) is 2.41. The molecular formula is C12H13BrClFO. The van der Waals surface area contributed by atoms with Crippen LogP contribution in [-0.4, -0.2) is 18.5 Å². The number of hydrogen-bond acceptors (Lipinski definition) is 1. The molecule has 1 heterocycles. The van der Waals surface area contributed by atoms with Crippen LogP contribution in [0.2, 0.25) is 5.02 Å². The second-order valence-electron chi connectivity index (χ2n) is 4.31. The first-order chi connectivity index (χ1) is 7.67. The fourth-order valence-corrected chi connectivity index (χ4v) is 2.89. The molecule has 1 aromatic rings. The van der Waals surface area contributed by atoms with Gasteiger partial charge in [0.1, 0.15) is 5.82 Å². The normalized spacial score (nSPS) is 24.9. The second kappa shape index (κ2) is 5.03. The van der Waals surface area contributed by atoms with Gasteiger partial charge in [-0.3, -0.25) is 0 Å². The van der Waals surface area contributed by atoms with Gasteiger partial charge in [-0.15, -0.1) is 0 Å². The van der Waals surface area contributed by atoms with E-state index in [4.69, 9.17) is 16.3 Å². The van der Waals surface area contributed by atoms with Crippen molar-refractivity contribution < 1.29 is 9.13 Å². The molecule has 1 aromatic carbocycles. The number of hydrogen-bond donors (Lipinski definition) is 0. The van der Waals surface area contributed by atoms with E-state index in [2.05, 4.69) is 15.9 Å². The van der Waals surface area contributed by atoms with Gasteiger partial charge in [-0.05, 0) is 25.0 Å². The third-order valence-electron chi connectivity index (χ3n) is 3.08. The summed E-state index contributed by atoms with van der Waals surface area (Å²) in [4.78, 5) is 0. The van der Waals surface area contributed by atoms with Gasteiger partial charge < -0.3 is 4.74 Å². The zero-order valence-electron chi connectivity index (χ0n) is 8.81. The van der Waals surface area contributed by atoms with Crippen molar-refractivity contribution in [1.82, 2.24) is 0 Å². The summed E-state index contributed by atoms with van der Waals surface area (Å²) in [6.45, 7) is 1.42. The highest BCUT2D eigenvalue weighted by atomic mass is 79.9. The van der Waals surface area contributed by atoms with Crippen LogP contribution in [0.4, 0.5) is 4.39 Å². The average Bonchev–Trinajstić information content (AvgIpc) is 2.73. The Balaban J connectivity index is 2.25. The predicted molar refractivity (Wildman–Crippen MR) is 66.8 cm³/mol. The molecule has 0 N–H and O–H groups in total. The molecule has 0 aromatic heterocycles. The van der Waals surface area contributed by atoms with Crippen LogP contribution < -0.4 is 0 Å². The first kappa shape index (κ1) is 12.3. The summed E-state index contributed by atoms with van der Waals surface area (Å²) in [7, 11) is 0. The maximum absolute atomic E-state index is 13.7. The summed E-state index contributed by atoms with van der Waals surface area (Å²) < 4.78 is 19.1. The quantitative estimate of drug-likeness (QED) is 0.771. The molecule has 1 atom stereocenters. The Morgan fingerprint density at radius 2 is 2.31 bits per heavy atom. The topological polar surface area (TPSA) is 9.23 Å². The lowest BCUT2D eigenvalue weighted by molar-refractivity contribution is 0.161. The maximum atomic E-state index is 13.7. The van der Waals surface area contributed by atoms with E-state index in [1.165, 1.54) is 6.07 Å². The Morgan fingerprint density at radius 1 is 1.50 bits per heavy atom. The minimum Gasteiger partial charge on any atom is -0.381 e. The van der Waals surface area contributed by atoms with Crippen molar-refractivity contribution >= 4 is 27.5 Å². The highest BCUT2D eigenvalue weighted by Crippen LogP contribution is 2.36. The van der Waals surface area contributed by atoms with Gasteiger partial charge in [-0.2, -0.15) is 0 Å². The van der Waals surface area contributed by atoms with Crippen LogP contribution in [0, 0.1) is 11.2 Å². The van der Waals surface area contributed by atoms with E-state index in [-0.39, 0.29) is 11.2 Å². The summed E-state index contributed by atoms with van der Waals surface area (Å²) in [6.07, 6.45) is 1.58. The Bertz CT molecular complexity index is 357. The van der Waals surface area contributed by atoms with Crippen molar-refractivity contribution in [2.75, 3.05) is 18.5 Å². The molecule has 1 nitrogen and oxygen atoms in total. The Morgan fingerprint density at radius 3 is 2.88 bits per heavy atom. The fourth-order valence-electron chi connectivity index (χ4n) is 2.02. The maximum Gasteiger partial charge on any atom is 0.127 e. The molecule has 0 saturated carbocycles. The van der Waals surface area contributed by atoms with Gasteiger partial charge in [0.15, 0.2) is 0 Å². The van der Waals surface area contributed by atoms with Gasteiger partial charge in [0.05, 0.1) is 6.61 Å². The van der Waals surface area contributed by atoms with Crippen LogP contribution in [0.5, 0.6) is 0 Å². The standard InChI is InChI=1S/C12H13BrClFO/c13-7-12(4-5-16-8-12)6-9-10(14)2-1-3-11(9)15/h1-3H,4-8H2. The van der Waals surface area contributed by atoms with E-state index in [1.807, 2.05) is 0 Å². The number of alkyl halides is 1. The largest absolute Gasteiger partial charge is 0.381 e. The number of benzene rings is 1. The van der Waals surface area contributed by atoms with Crippen molar-refractivity contribution in [3.8, 4) is 0 Å². The van der Waals surface area contributed by atoms with Crippen molar-refractivity contribution in [1.29, 1.82) is 0 Å². The summed E-state index contributed by atoms with van der Waals surface area (Å²) in [6, 6.07) is 4.82. The molecule has 0 bridgehead atoms. The van der Waals surface area contributed by atoms with Gasteiger partial charge in [-0.1, -0.05) is 33.6 Å². The number of halogens is 3. The monoisotopic (exact) mass is 306 g/mol. The fraction of sp³-hybridized carbons (Fsp3) is 0.500. The van der Waals surface area contributed by atoms with Gasteiger partial charge in [-0.25, -0.2) is 4.39 Å². The Hall–Kier alpha value is -0.120. The van der Waals surface area contributed by atoms with Crippen LogP contribution in [0.25, 0.3) is 0 Å². The molecular weight excluding hydrogens is 294 g/mol. The van der Waals surface area contributed by atoms with Crippen molar-refractivity contribution in [2.45, 2.75) is 12.8 Å². The molecule has 1 aliphatic heterocycles. The molecule has 1 saturated heterocycles. The van der Waals surface area contributed by atoms with E-state index < -0.39 is 0 Å². The van der Waals surface area contributed by atoms with Crippen LogP contribution in [-0.2, 0) is 11.2 Å². The summed E-state index contributed by atoms with van der Waals surface area (Å²) in [5, 5.41) is 1.32. The van der Waals surface area contributed by atoms with Crippen LogP contribution in [0.1, 0.15) is 12.0 Å². The minimum absolute atomic E-state index is 0.00810. The van der Waals surface area contributed by atoms with Crippen molar-refractivity contribution in [3.05, 3.63) is 34.6 Å². The molecule has 1 fully saturated rings. The Kier molecular flexibility index (Phi) is 3.88. The first-order valence-corrected chi connectivity index (χ1v) is 6.73. The zero-order valence-corrected chi connectivity index (χ0v) is 11.2. The molecule has 0 radical (unpaired) electrons. The molecule has 16 heavy (non-hydrogen) atoms. The highest BCUT2D eigenvalue weighted by molar-refractivity contribution is 9.09. The molecule has 88 valence electrons. The minimum atomic E-state index is -0.222. The summed E-state index contributed by atoms with van der Waals surface area (Å²) >= 11 is 9.53. The van der Waals surface area contributed by atoms with Crippen LogP contribution >= 0.6 is 27.5 Å². The smallest absolute Gasteiger partial charge is 0.127 e. The van der Waals surface area contributed by atoms with Gasteiger partial charge in [0.2, 0.25) is 0 Å². The lowest BCUT2D eigenvalue weighted by Crippen LogP contribution is -2.26. The summed E-state index contributed by atoms with van der Waals surface area (Å²) in [5.41, 5.74) is 0.598. The molecule has 0 spiro atoms. The van der Waals surface area contributed by atoms with E-state index >= 15 is 0 Å². The van der Waals surface area contributed by atoms with Gasteiger partial charge in [0.25, 0.3) is 0 Å². The van der Waals surface area contributed by atoms with E-state index in [0.717, 1.165) is 18.4 Å². The molecule has 1 unspecified atom stereocenters. The summed E-state index contributed by atoms with van der Waals surface area (Å²) in [5.74, 6) is -0.222. The van der Waals surface area contributed by atoms with Crippen LogP contribution in [0.15, 0.2) is 18.2 Å². The average molecular weight is 308 g/mol. The molecule has 0 amide bonds. The lowest BCUT2D eigenvalue weighted by atomic mass is 9.83. The van der Waals surface area contributed by atoms with Crippen molar-refractivity contribution in [3.63, 3.8) is 0 Å². The molecule has 2 rings (SSSR count). The van der Waals surface area contributed by atoms with Gasteiger partial charge in [0, 0.05) is 27.9 Å². The van der Waals surface area contributed by atoms with E-state index in [0.29, 0.717) is 23.6 Å². The zero-order chi connectivity index (χ0) is 11.6. The highest BCUT2D eigenvalue weighted by Gasteiger charge is 2.35. The molecule has 1 aliphatic rings. The van der Waals surface area contributed by atoms with Gasteiger partial charge >= 0.3 is 0 Å². The van der Waals surface area contributed by atoms with E-state index in [1.54, 1.807) is 12.1 Å². The van der Waals surface area contributed by atoms with Crippen molar-refractivity contribution in [2.24, 2.45) is 5.41 Å². The van der Waals surface area contributed by atoms with Crippen LogP contribution in [0.3, 0.4) is 0 Å². The predicted octanol–water partition coefficient (Wildman–Crippen LogP) is 3.82. The SMILES string of the molecule is Fc1cccc(Cl)c1CC1(CBr)CCOC1.